The molecule has 0 heterocycles. The average molecular weight is 327 g/mol. The van der Waals surface area contributed by atoms with Crippen LogP contribution in [-0.2, 0) is 6.61 Å². The van der Waals surface area contributed by atoms with Gasteiger partial charge < -0.3 is 15.6 Å². The highest BCUT2D eigenvalue weighted by Gasteiger charge is 2.29. The number of rotatable bonds is 5. The first-order valence-corrected chi connectivity index (χ1v) is 8.41. The molecule has 2 rings (SSSR count). The minimum Gasteiger partial charge on any atom is -0.488 e. The zero-order valence-corrected chi connectivity index (χ0v) is 15.3. The number of benzene rings is 2. The monoisotopic (exact) mass is 327 g/mol. The summed E-state index contributed by atoms with van der Waals surface area (Å²) in [5.74, 6) is 0.889. The molecular weight excluding hydrogens is 298 g/mol. The van der Waals surface area contributed by atoms with Crippen molar-refractivity contribution in [3.63, 3.8) is 0 Å². The zero-order chi connectivity index (χ0) is 17.9. The molecule has 0 fully saturated rings. The predicted octanol–water partition coefficient (Wildman–Crippen LogP) is 4.29. The maximum Gasteiger partial charge on any atom is 0.125 e. The van der Waals surface area contributed by atoms with Crippen molar-refractivity contribution in [1.82, 2.24) is 0 Å². The fourth-order valence-electron chi connectivity index (χ4n) is 2.85. The smallest absolute Gasteiger partial charge is 0.125 e. The van der Waals surface area contributed by atoms with Crippen molar-refractivity contribution < 1.29 is 9.84 Å². The Kier molecular flexibility index (Phi) is 5.68. The van der Waals surface area contributed by atoms with Gasteiger partial charge in [0, 0.05) is 0 Å². The summed E-state index contributed by atoms with van der Waals surface area (Å²) < 4.78 is 6.01. The van der Waals surface area contributed by atoms with E-state index in [1.165, 1.54) is 0 Å². The van der Waals surface area contributed by atoms with Crippen molar-refractivity contribution in [3.8, 4) is 5.75 Å². The molecule has 24 heavy (non-hydrogen) atoms. The van der Waals surface area contributed by atoms with Gasteiger partial charge in [-0.2, -0.15) is 0 Å². The van der Waals surface area contributed by atoms with E-state index in [2.05, 4.69) is 12.1 Å². The molecule has 0 amide bonds. The van der Waals surface area contributed by atoms with E-state index in [4.69, 9.17) is 10.5 Å². The summed E-state index contributed by atoms with van der Waals surface area (Å²) in [7, 11) is 0. The minimum absolute atomic E-state index is 0.260. The lowest BCUT2D eigenvalue weighted by Gasteiger charge is -2.31. The highest BCUT2D eigenvalue weighted by molar-refractivity contribution is 5.44. The minimum atomic E-state index is -0.604. The van der Waals surface area contributed by atoms with Gasteiger partial charge in [-0.05, 0) is 41.5 Å². The Labute approximate surface area is 145 Å². The summed E-state index contributed by atoms with van der Waals surface area (Å²) in [6.07, 6.45) is -0.604. The van der Waals surface area contributed by atoms with E-state index < -0.39 is 12.1 Å². The molecular formula is C21H29NO2. The summed E-state index contributed by atoms with van der Waals surface area (Å²) in [6, 6.07) is 13.7. The summed E-state index contributed by atoms with van der Waals surface area (Å²) >= 11 is 0. The fraction of sp³-hybridized carbons (Fsp3) is 0.429. The van der Waals surface area contributed by atoms with Crippen LogP contribution in [0.25, 0.3) is 0 Å². The van der Waals surface area contributed by atoms with Gasteiger partial charge in [0.1, 0.15) is 12.4 Å². The van der Waals surface area contributed by atoms with Crippen LogP contribution in [0.1, 0.15) is 49.1 Å². The normalized spacial score (nSPS) is 14.3. The molecule has 0 saturated heterocycles. The van der Waals surface area contributed by atoms with Crippen molar-refractivity contribution in [2.24, 2.45) is 11.1 Å². The average Bonchev–Trinajstić information content (AvgIpc) is 2.52. The third-order valence-corrected chi connectivity index (χ3v) is 4.32. The molecule has 130 valence electrons. The van der Waals surface area contributed by atoms with Crippen molar-refractivity contribution in [3.05, 3.63) is 64.7 Å². The molecule has 2 atom stereocenters. The van der Waals surface area contributed by atoms with E-state index in [1.807, 2.05) is 65.0 Å². The first-order valence-electron chi connectivity index (χ1n) is 8.41. The maximum absolute atomic E-state index is 10.5. The lowest BCUT2D eigenvalue weighted by molar-refractivity contribution is 0.0400. The quantitative estimate of drug-likeness (QED) is 0.861. The van der Waals surface area contributed by atoms with Gasteiger partial charge in [-0.15, -0.1) is 0 Å². The molecule has 0 radical (unpaired) electrons. The number of aryl methyl sites for hydroxylation is 2. The van der Waals surface area contributed by atoms with Gasteiger partial charge in [0.2, 0.25) is 0 Å². The summed E-state index contributed by atoms with van der Waals surface area (Å²) in [5.41, 5.74) is 10.2. The van der Waals surface area contributed by atoms with E-state index in [1.54, 1.807) is 0 Å². The fourth-order valence-corrected chi connectivity index (χ4v) is 2.85. The molecule has 0 aliphatic rings. The van der Waals surface area contributed by atoms with Crippen LogP contribution in [0.2, 0.25) is 0 Å². The van der Waals surface area contributed by atoms with Crippen molar-refractivity contribution >= 4 is 0 Å². The number of hydrogen-bond acceptors (Lipinski definition) is 3. The van der Waals surface area contributed by atoms with Gasteiger partial charge >= 0.3 is 0 Å². The molecule has 3 heteroatoms. The molecule has 0 bridgehead atoms. The Hall–Kier alpha value is -1.84. The predicted molar refractivity (Wildman–Crippen MR) is 99.1 cm³/mol. The van der Waals surface area contributed by atoms with Crippen LogP contribution >= 0.6 is 0 Å². The molecule has 0 saturated carbocycles. The molecule has 3 N–H and O–H groups in total. The standard InChI is InChI=1S/C21H29NO2/c1-14-11-17(18(22)20(23)21(3,4)5)12-15(2)19(14)24-13-16-9-7-6-8-10-16/h6-12,18,20,23H,13,22H2,1-5H3/t18-,20-/m1/s1. The van der Waals surface area contributed by atoms with E-state index >= 15 is 0 Å². The van der Waals surface area contributed by atoms with Crippen LogP contribution in [0, 0.1) is 19.3 Å². The second kappa shape index (κ2) is 7.37. The topological polar surface area (TPSA) is 55.5 Å². The Morgan fingerprint density at radius 1 is 1.04 bits per heavy atom. The molecule has 2 aromatic carbocycles. The van der Waals surface area contributed by atoms with Crippen LogP contribution in [0.3, 0.4) is 0 Å². The molecule has 3 nitrogen and oxygen atoms in total. The first kappa shape index (κ1) is 18.5. The molecule has 0 aliphatic heterocycles. The van der Waals surface area contributed by atoms with Gasteiger partial charge in [-0.3, -0.25) is 0 Å². The Bertz CT molecular complexity index is 651. The lowest BCUT2D eigenvalue weighted by atomic mass is 9.82. The molecule has 2 aromatic rings. The van der Waals surface area contributed by atoms with Crippen LogP contribution in [0.15, 0.2) is 42.5 Å². The molecule has 0 spiro atoms. The third-order valence-electron chi connectivity index (χ3n) is 4.32. The number of aliphatic hydroxyl groups excluding tert-OH is 1. The highest BCUT2D eigenvalue weighted by atomic mass is 16.5. The number of hydrogen-bond donors (Lipinski definition) is 2. The van der Waals surface area contributed by atoms with E-state index in [0.717, 1.165) is 28.0 Å². The van der Waals surface area contributed by atoms with Gasteiger partial charge in [0.25, 0.3) is 0 Å². The van der Waals surface area contributed by atoms with Gasteiger partial charge in [-0.25, -0.2) is 0 Å². The summed E-state index contributed by atoms with van der Waals surface area (Å²) in [4.78, 5) is 0. The number of nitrogens with two attached hydrogens (primary N) is 1. The van der Waals surface area contributed by atoms with Crippen LogP contribution in [0.4, 0.5) is 0 Å². The number of ether oxygens (including phenoxy) is 1. The second-order valence-corrected chi connectivity index (χ2v) is 7.59. The SMILES string of the molecule is Cc1cc([C@@H](N)[C@@H](O)C(C)(C)C)cc(C)c1OCc1ccccc1. The maximum atomic E-state index is 10.5. The summed E-state index contributed by atoms with van der Waals surface area (Å²) in [5, 5.41) is 10.5. The second-order valence-electron chi connectivity index (χ2n) is 7.59. The van der Waals surface area contributed by atoms with E-state index in [0.29, 0.717) is 6.61 Å². The Balaban J connectivity index is 2.19. The Morgan fingerprint density at radius 2 is 1.58 bits per heavy atom. The molecule has 0 unspecified atom stereocenters. The lowest BCUT2D eigenvalue weighted by Crippen LogP contribution is -2.37. The van der Waals surface area contributed by atoms with Gasteiger partial charge in [0.05, 0.1) is 12.1 Å². The Morgan fingerprint density at radius 3 is 2.08 bits per heavy atom. The van der Waals surface area contributed by atoms with Crippen LogP contribution in [-0.4, -0.2) is 11.2 Å². The van der Waals surface area contributed by atoms with Gasteiger partial charge in [-0.1, -0.05) is 63.2 Å². The van der Waals surface area contributed by atoms with Gasteiger partial charge in [0.15, 0.2) is 0 Å². The molecule has 0 aliphatic carbocycles. The zero-order valence-electron chi connectivity index (χ0n) is 15.3. The number of aliphatic hydroxyl groups is 1. The molecule has 0 aromatic heterocycles. The van der Waals surface area contributed by atoms with E-state index in [9.17, 15) is 5.11 Å². The van der Waals surface area contributed by atoms with Crippen molar-refractivity contribution in [2.45, 2.75) is 53.4 Å². The summed E-state index contributed by atoms with van der Waals surface area (Å²) in [6.45, 7) is 10.6. The van der Waals surface area contributed by atoms with E-state index in [-0.39, 0.29) is 5.41 Å². The first-order chi connectivity index (χ1) is 11.2. The van der Waals surface area contributed by atoms with Crippen molar-refractivity contribution in [1.29, 1.82) is 0 Å². The van der Waals surface area contributed by atoms with Crippen LogP contribution < -0.4 is 10.5 Å². The largest absolute Gasteiger partial charge is 0.488 e. The third kappa shape index (κ3) is 4.37. The highest BCUT2D eigenvalue weighted by Crippen LogP contribution is 2.32. The van der Waals surface area contributed by atoms with Crippen LogP contribution in [0.5, 0.6) is 5.75 Å². The van der Waals surface area contributed by atoms with Crippen molar-refractivity contribution in [2.75, 3.05) is 0 Å².